The smallest absolute Gasteiger partial charge is 0.199 e. The summed E-state index contributed by atoms with van der Waals surface area (Å²) >= 11 is 0. The molecule has 0 unspecified atom stereocenters. The first kappa shape index (κ1) is 6.09. The van der Waals surface area contributed by atoms with Gasteiger partial charge in [0, 0.05) is 0 Å². The molecule has 2 rings (SSSR count). The van der Waals surface area contributed by atoms with Crippen LogP contribution >= 0.6 is 0 Å². The third-order valence-corrected chi connectivity index (χ3v) is 1.46. The number of aromatic nitrogens is 4. The summed E-state index contributed by atoms with van der Waals surface area (Å²) < 4.78 is 0.941. The van der Waals surface area contributed by atoms with Crippen molar-refractivity contribution in [3.8, 4) is 0 Å². The van der Waals surface area contributed by atoms with E-state index in [0.717, 1.165) is 4.73 Å². The number of hydrogen-bond donors (Lipinski definition) is 1. The molecule has 5 heteroatoms. The Bertz CT molecular complexity index is 394. The molecular formula is C6H6N4O. The Morgan fingerprint density at radius 3 is 3.09 bits per heavy atom. The van der Waals surface area contributed by atoms with Crippen molar-refractivity contribution in [3.63, 3.8) is 0 Å². The third kappa shape index (κ3) is 0.739. The van der Waals surface area contributed by atoms with Gasteiger partial charge in [0.2, 0.25) is 0 Å². The van der Waals surface area contributed by atoms with E-state index in [0.29, 0.717) is 17.0 Å². The standard InChI is InChI=1S/C6H6N4O/c1-4-9-5-2-7-3-8-6(5)10(4)11/h2-3,11H,1H3. The van der Waals surface area contributed by atoms with Crippen molar-refractivity contribution in [2.24, 2.45) is 0 Å². The zero-order valence-electron chi connectivity index (χ0n) is 5.89. The summed E-state index contributed by atoms with van der Waals surface area (Å²) in [5.41, 5.74) is 1.05. The van der Waals surface area contributed by atoms with Gasteiger partial charge in [-0.1, -0.05) is 0 Å². The van der Waals surface area contributed by atoms with Gasteiger partial charge in [0.05, 0.1) is 6.20 Å². The molecule has 0 aliphatic heterocycles. The maximum absolute atomic E-state index is 9.26. The number of fused-ring (bicyclic) bond motifs is 1. The monoisotopic (exact) mass is 150 g/mol. The highest BCUT2D eigenvalue weighted by molar-refractivity contribution is 5.69. The minimum Gasteiger partial charge on any atom is -0.425 e. The van der Waals surface area contributed by atoms with Crippen LogP contribution in [0.25, 0.3) is 11.2 Å². The Labute approximate surface area is 62.3 Å². The molecule has 0 radical (unpaired) electrons. The lowest BCUT2D eigenvalue weighted by Gasteiger charge is -1.90. The molecule has 0 atom stereocenters. The molecule has 56 valence electrons. The Morgan fingerprint density at radius 1 is 1.55 bits per heavy atom. The summed E-state index contributed by atoms with van der Waals surface area (Å²) in [5, 5.41) is 9.26. The van der Waals surface area contributed by atoms with Crippen LogP contribution in [0.5, 0.6) is 0 Å². The number of nitrogens with zero attached hydrogens (tertiary/aromatic N) is 4. The van der Waals surface area contributed by atoms with Crippen molar-refractivity contribution in [1.82, 2.24) is 19.7 Å². The Morgan fingerprint density at radius 2 is 2.36 bits per heavy atom. The molecule has 0 aliphatic rings. The van der Waals surface area contributed by atoms with E-state index in [-0.39, 0.29) is 0 Å². The van der Waals surface area contributed by atoms with Crippen molar-refractivity contribution in [2.75, 3.05) is 0 Å². The van der Waals surface area contributed by atoms with Gasteiger partial charge in [-0.25, -0.2) is 15.0 Å². The van der Waals surface area contributed by atoms with E-state index in [9.17, 15) is 5.21 Å². The van der Waals surface area contributed by atoms with Crippen LogP contribution in [0.4, 0.5) is 0 Å². The molecule has 0 fully saturated rings. The van der Waals surface area contributed by atoms with Gasteiger partial charge in [0.1, 0.15) is 17.7 Å². The number of rotatable bonds is 0. The van der Waals surface area contributed by atoms with Gasteiger partial charge in [-0.2, -0.15) is 4.73 Å². The SMILES string of the molecule is Cc1nc2cncnc2n1O. The summed E-state index contributed by atoms with van der Waals surface area (Å²) in [6, 6.07) is 0. The summed E-state index contributed by atoms with van der Waals surface area (Å²) in [6.45, 7) is 1.70. The summed E-state index contributed by atoms with van der Waals surface area (Å²) in [4.78, 5) is 11.6. The Kier molecular flexibility index (Phi) is 1.06. The normalized spacial score (nSPS) is 10.6. The van der Waals surface area contributed by atoms with Crippen molar-refractivity contribution in [1.29, 1.82) is 0 Å². The molecule has 0 amide bonds. The van der Waals surface area contributed by atoms with Gasteiger partial charge in [-0.15, -0.1) is 0 Å². The Hall–Kier alpha value is -1.65. The van der Waals surface area contributed by atoms with Crippen LogP contribution in [-0.4, -0.2) is 24.9 Å². The van der Waals surface area contributed by atoms with Gasteiger partial charge in [0.15, 0.2) is 5.65 Å². The number of aryl methyl sites for hydroxylation is 1. The zero-order valence-corrected chi connectivity index (χ0v) is 5.89. The van der Waals surface area contributed by atoms with E-state index in [1.54, 1.807) is 13.1 Å². The second-order valence-electron chi connectivity index (χ2n) is 2.20. The van der Waals surface area contributed by atoms with Crippen molar-refractivity contribution >= 4 is 11.2 Å². The van der Waals surface area contributed by atoms with E-state index >= 15 is 0 Å². The van der Waals surface area contributed by atoms with Crippen LogP contribution in [0.1, 0.15) is 5.82 Å². The highest BCUT2D eigenvalue weighted by Crippen LogP contribution is 2.07. The van der Waals surface area contributed by atoms with Crippen LogP contribution in [-0.2, 0) is 0 Å². The second-order valence-corrected chi connectivity index (χ2v) is 2.20. The van der Waals surface area contributed by atoms with E-state index in [4.69, 9.17) is 0 Å². The molecule has 0 saturated carbocycles. The third-order valence-electron chi connectivity index (χ3n) is 1.46. The topological polar surface area (TPSA) is 63.8 Å². The lowest BCUT2D eigenvalue weighted by molar-refractivity contribution is 0.189. The summed E-state index contributed by atoms with van der Waals surface area (Å²) in [7, 11) is 0. The van der Waals surface area contributed by atoms with E-state index < -0.39 is 0 Å². The summed E-state index contributed by atoms with van der Waals surface area (Å²) in [5.74, 6) is 0.514. The van der Waals surface area contributed by atoms with Gasteiger partial charge < -0.3 is 5.21 Å². The van der Waals surface area contributed by atoms with Gasteiger partial charge in [-0.3, -0.25) is 0 Å². The highest BCUT2D eigenvalue weighted by Gasteiger charge is 2.05. The number of imidazole rings is 1. The largest absolute Gasteiger partial charge is 0.425 e. The first-order chi connectivity index (χ1) is 5.29. The average molecular weight is 150 g/mol. The molecule has 1 N–H and O–H groups in total. The fourth-order valence-electron chi connectivity index (χ4n) is 0.933. The first-order valence-electron chi connectivity index (χ1n) is 3.13. The molecule has 2 aromatic heterocycles. The molecule has 2 aromatic rings. The van der Waals surface area contributed by atoms with Crippen LogP contribution in [0.15, 0.2) is 12.5 Å². The van der Waals surface area contributed by atoms with E-state index in [2.05, 4.69) is 15.0 Å². The fourth-order valence-corrected chi connectivity index (χ4v) is 0.933. The minimum absolute atomic E-state index is 0.442. The molecule has 0 saturated heterocycles. The maximum Gasteiger partial charge on any atom is 0.199 e. The molecule has 2 heterocycles. The maximum atomic E-state index is 9.26. The minimum atomic E-state index is 0.442. The quantitative estimate of drug-likeness (QED) is 0.551. The fraction of sp³-hybridized carbons (Fsp3) is 0.167. The summed E-state index contributed by atoms with van der Waals surface area (Å²) in [6.07, 6.45) is 2.93. The van der Waals surface area contributed by atoms with E-state index in [1.165, 1.54) is 6.33 Å². The molecule has 0 aliphatic carbocycles. The lowest BCUT2D eigenvalue weighted by atomic mass is 10.6. The van der Waals surface area contributed by atoms with Crippen molar-refractivity contribution in [3.05, 3.63) is 18.3 Å². The molecule has 0 bridgehead atoms. The zero-order chi connectivity index (χ0) is 7.84. The highest BCUT2D eigenvalue weighted by atomic mass is 16.5. The van der Waals surface area contributed by atoms with Crippen LogP contribution in [0.3, 0.4) is 0 Å². The molecule has 11 heavy (non-hydrogen) atoms. The van der Waals surface area contributed by atoms with Crippen LogP contribution in [0, 0.1) is 6.92 Å². The molecule has 0 aromatic carbocycles. The number of hydrogen-bond acceptors (Lipinski definition) is 4. The average Bonchev–Trinajstić information content (AvgIpc) is 2.30. The van der Waals surface area contributed by atoms with Gasteiger partial charge >= 0.3 is 0 Å². The first-order valence-corrected chi connectivity index (χ1v) is 3.13. The Balaban J connectivity index is 2.92. The molecule has 5 nitrogen and oxygen atoms in total. The van der Waals surface area contributed by atoms with Gasteiger partial charge in [-0.05, 0) is 6.92 Å². The van der Waals surface area contributed by atoms with Crippen LogP contribution < -0.4 is 0 Å². The second kappa shape index (κ2) is 1.91. The molecule has 0 spiro atoms. The van der Waals surface area contributed by atoms with Crippen molar-refractivity contribution < 1.29 is 5.21 Å². The van der Waals surface area contributed by atoms with Crippen molar-refractivity contribution in [2.45, 2.75) is 6.92 Å². The van der Waals surface area contributed by atoms with Crippen LogP contribution in [0.2, 0.25) is 0 Å². The van der Waals surface area contributed by atoms with Gasteiger partial charge in [0.25, 0.3) is 0 Å². The lowest BCUT2D eigenvalue weighted by Crippen LogP contribution is -1.93. The predicted octanol–water partition coefficient (Wildman–Crippen LogP) is 0.372. The van der Waals surface area contributed by atoms with E-state index in [1.807, 2.05) is 0 Å². The predicted molar refractivity (Wildman–Crippen MR) is 37.2 cm³/mol. The molecular weight excluding hydrogens is 144 g/mol.